The molecule has 0 saturated heterocycles. The molecule has 0 bridgehead atoms. The summed E-state index contributed by atoms with van der Waals surface area (Å²) >= 11 is -4.21. The van der Waals surface area contributed by atoms with E-state index in [0.29, 0.717) is 0 Å². The van der Waals surface area contributed by atoms with E-state index in [4.69, 9.17) is 10.4 Å². The molecule has 10 heavy (non-hydrogen) atoms. The van der Waals surface area contributed by atoms with Crippen LogP contribution in [0.25, 0.3) is 0 Å². The van der Waals surface area contributed by atoms with Crippen LogP contribution in [0.3, 0.4) is 0 Å². The van der Waals surface area contributed by atoms with Crippen molar-refractivity contribution >= 4 is 0 Å². The van der Waals surface area contributed by atoms with Gasteiger partial charge in [0, 0.05) is 0 Å². The van der Waals surface area contributed by atoms with Crippen LogP contribution in [-0.4, -0.2) is 25.5 Å². The van der Waals surface area contributed by atoms with E-state index < -0.39 is 16.6 Å². The van der Waals surface area contributed by atoms with E-state index in [1.165, 1.54) is 0 Å². The van der Waals surface area contributed by atoms with Gasteiger partial charge in [0.15, 0.2) is 0 Å². The first-order chi connectivity index (χ1) is 4.50. The van der Waals surface area contributed by atoms with Crippen molar-refractivity contribution in [1.82, 2.24) is 4.90 Å². The van der Waals surface area contributed by atoms with E-state index in [9.17, 15) is 0 Å². The van der Waals surface area contributed by atoms with Gasteiger partial charge in [-0.1, -0.05) is 0 Å². The predicted octanol–water partition coefficient (Wildman–Crippen LogP) is 0.413. The van der Waals surface area contributed by atoms with Gasteiger partial charge in [0.25, 0.3) is 0 Å². The van der Waals surface area contributed by atoms with Gasteiger partial charge in [0.1, 0.15) is 0 Å². The molecule has 4 nitrogen and oxygen atoms in total. The van der Waals surface area contributed by atoms with Gasteiger partial charge in [-0.2, -0.15) is 6.42 Å². The molecular weight excluding hydrogens is 308 g/mol. The zero-order chi connectivity index (χ0) is 8.57. The van der Waals surface area contributed by atoms with Crippen molar-refractivity contribution in [3.8, 4) is 0 Å². The summed E-state index contributed by atoms with van der Waals surface area (Å²) in [6.45, 7) is 4.78. The van der Waals surface area contributed by atoms with Crippen LogP contribution in [0, 0.1) is 6.92 Å². The standard InChI is InChI=1S/C5H12N.3O.Re/c1-4-5-6(2)3;;;;/h1,4-5H2,2-3H3;;;;/q-1;;;;. The van der Waals surface area contributed by atoms with Gasteiger partial charge in [-0.3, -0.25) is 0 Å². The van der Waals surface area contributed by atoms with Crippen molar-refractivity contribution in [3.63, 3.8) is 0 Å². The van der Waals surface area contributed by atoms with Crippen LogP contribution in [-0.2, 0) is 27.0 Å². The fraction of sp³-hybridized carbons (Fsp3) is 0.800. The second kappa shape index (κ2) is 9.02. The first-order valence-electron chi connectivity index (χ1n) is 2.67. The topological polar surface area (TPSA) is 54.5 Å². The first kappa shape index (κ1) is 12.7. The van der Waals surface area contributed by atoms with Gasteiger partial charge in [0.05, 0.1) is 0 Å². The van der Waals surface area contributed by atoms with Gasteiger partial charge in [-0.05, 0) is 20.6 Å². The third-order valence-electron chi connectivity index (χ3n) is 0.605. The Labute approximate surface area is 66.4 Å². The average Bonchev–Trinajstić information content (AvgIpc) is 1.62. The molecule has 0 unspecified atom stereocenters. The molecule has 0 amide bonds. The summed E-state index contributed by atoms with van der Waals surface area (Å²) < 4.78 is 25.8. The SMILES string of the molecule is [CH2-]CCN(C)C.[O]=[Re](=[O])=[O]. The van der Waals surface area contributed by atoms with Crippen molar-refractivity contribution in [2.45, 2.75) is 6.42 Å². The summed E-state index contributed by atoms with van der Waals surface area (Å²) in [4.78, 5) is 2.12. The zero-order valence-electron chi connectivity index (χ0n) is 6.17. The maximum atomic E-state index is 8.60. The first-order valence-corrected chi connectivity index (χ1v) is 6.00. The van der Waals surface area contributed by atoms with Crippen LogP contribution in [0.15, 0.2) is 0 Å². The fourth-order valence-electron chi connectivity index (χ4n) is 0.316. The molecule has 0 aliphatic rings. The molecule has 0 aromatic heterocycles. The molecule has 0 aliphatic heterocycles. The Morgan fingerprint density at radius 2 is 1.60 bits per heavy atom. The van der Waals surface area contributed by atoms with Crippen molar-refractivity contribution < 1.29 is 27.0 Å². The minimum atomic E-state index is -4.21. The third kappa shape index (κ3) is 43.3. The van der Waals surface area contributed by atoms with E-state index in [1.54, 1.807) is 0 Å². The fourth-order valence-corrected chi connectivity index (χ4v) is 0.316. The summed E-state index contributed by atoms with van der Waals surface area (Å²) in [7, 11) is 4.09. The summed E-state index contributed by atoms with van der Waals surface area (Å²) in [6, 6.07) is 0. The monoisotopic (exact) mass is 321 g/mol. The summed E-state index contributed by atoms with van der Waals surface area (Å²) in [5, 5.41) is 0. The van der Waals surface area contributed by atoms with Gasteiger partial charge in [-0.25, -0.2) is 0 Å². The molecule has 0 atom stereocenters. The molecule has 0 rings (SSSR count). The van der Waals surface area contributed by atoms with Crippen LogP contribution in [0.2, 0.25) is 0 Å². The molecule has 0 aliphatic carbocycles. The Bertz CT molecular complexity index is 140. The second-order valence-corrected chi connectivity index (χ2v) is 3.20. The molecule has 0 saturated carbocycles. The second-order valence-electron chi connectivity index (χ2n) is 1.85. The number of rotatable bonds is 2. The maximum absolute atomic E-state index is 8.60. The van der Waals surface area contributed by atoms with E-state index in [0.717, 1.165) is 13.0 Å². The van der Waals surface area contributed by atoms with Crippen LogP contribution in [0.4, 0.5) is 0 Å². The van der Waals surface area contributed by atoms with E-state index in [-0.39, 0.29) is 0 Å². The van der Waals surface area contributed by atoms with Crippen molar-refractivity contribution in [1.29, 1.82) is 0 Å². The van der Waals surface area contributed by atoms with E-state index in [1.807, 2.05) is 14.1 Å². The molecule has 0 spiro atoms. The normalized spacial score (nSPS) is 8.40. The molecule has 0 fully saturated rings. The Kier molecular flexibility index (Phi) is 11.4. The molecule has 63 valence electrons. The van der Waals surface area contributed by atoms with Crippen LogP contribution >= 0.6 is 0 Å². The minimum absolute atomic E-state index is 1.01. The molecule has 0 radical (unpaired) electrons. The zero-order valence-corrected chi connectivity index (χ0v) is 8.89. The van der Waals surface area contributed by atoms with Crippen molar-refractivity contribution in [2.24, 2.45) is 0 Å². The number of hydrogen-bond acceptors (Lipinski definition) is 4. The van der Waals surface area contributed by atoms with Crippen molar-refractivity contribution in [3.05, 3.63) is 6.92 Å². The van der Waals surface area contributed by atoms with E-state index in [2.05, 4.69) is 11.8 Å². The van der Waals surface area contributed by atoms with Gasteiger partial charge >= 0.3 is 27.0 Å². The summed E-state index contributed by atoms with van der Waals surface area (Å²) in [5.74, 6) is 0. The molecule has 0 aromatic rings. The van der Waals surface area contributed by atoms with Crippen molar-refractivity contribution in [2.75, 3.05) is 20.6 Å². The van der Waals surface area contributed by atoms with Crippen LogP contribution in [0.5, 0.6) is 0 Å². The average molecular weight is 320 g/mol. The van der Waals surface area contributed by atoms with Gasteiger partial charge < -0.3 is 11.8 Å². The Morgan fingerprint density at radius 1 is 1.30 bits per heavy atom. The predicted molar refractivity (Wildman–Crippen MR) is 30.6 cm³/mol. The Hall–Kier alpha value is 0.0223. The summed E-state index contributed by atoms with van der Waals surface area (Å²) in [6.07, 6.45) is 1.01. The van der Waals surface area contributed by atoms with Gasteiger partial charge in [0.2, 0.25) is 0 Å². The molecule has 0 N–H and O–H groups in total. The molecule has 0 heterocycles. The Balaban J connectivity index is 0. The molecular formula is C5H12NO3Re-. The molecule has 5 heteroatoms. The van der Waals surface area contributed by atoms with Crippen LogP contribution in [0.1, 0.15) is 6.42 Å². The molecule has 0 aromatic carbocycles. The number of nitrogens with zero attached hydrogens (tertiary/aromatic N) is 1. The number of hydrogen-bond donors (Lipinski definition) is 0. The third-order valence-corrected chi connectivity index (χ3v) is 0.605. The summed E-state index contributed by atoms with van der Waals surface area (Å²) in [5.41, 5.74) is 0. The van der Waals surface area contributed by atoms with Gasteiger partial charge in [-0.15, -0.1) is 0 Å². The van der Waals surface area contributed by atoms with Crippen LogP contribution < -0.4 is 0 Å². The quantitative estimate of drug-likeness (QED) is 0.692. The Morgan fingerprint density at radius 3 is 1.60 bits per heavy atom. The van der Waals surface area contributed by atoms with E-state index >= 15 is 0 Å².